The van der Waals surface area contributed by atoms with Crippen LogP contribution in [0.1, 0.15) is 16.7 Å². The average Bonchev–Trinajstić information content (AvgIpc) is 2.87. The van der Waals surface area contributed by atoms with Crippen LogP contribution in [-0.4, -0.2) is 23.2 Å². The van der Waals surface area contributed by atoms with Crippen LogP contribution in [0, 0.1) is 12.7 Å². The molecule has 2 amide bonds. The second-order valence-corrected chi connectivity index (χ2v) is 7.10. The van der Waals surface area contributed by atoms with Gasteiger partial charge in [-0.05, 0) is 54.1 Å². The van der Waals surface area contributed by atoms with E-state index in [1.54, 1.807) is 19.3 Å². The quantitative estimate of drug-likeness (QED) is 0.685. The lowest BCUT2D eigenvalue weighted by Gasteiger charge is -2.14. The lowest BCUT2D eigenvalue weighted by molar-refractivity contribution is -0.123. The summed E-state index contributed by atoms with van der Waals surface area (Å²) in [7, 11) is 1.57. The van der Waals surface area contributed by atoms with E-state index < -0.39 is 17.0 Å². The molecule has 0 saturated carbocycles. The molecular weight excluding hydrogens is 377 g/mol. The molecule has 0 spiro atoms. The zero-order chi connectivity index (χ0) is 18.8. The summed E-state index contributed by atoms with van der Waals surface area (Å²) < 4.78 is 19.2. The fourth-order valence-corrected chi connectivity index (χ4v) is 3.62. The minimum absolute atomic E-state index is 0.120. The molecule has 0 radical (unpaired) electrons. The Balaban J connectivity index is 1.87. The SMILES string of the molecule is COc1cc(/C=C2/SC(=O)N(Cc3c(F)cccc3Cl)C2=O)ccc1C. The number of methoxy groups -OCH3 is 1. The predicted molar refractivity (Wildman–Crippen MR) is 101 cm³/mol. The van der Waals surface area contributed by atoms with Gasteiger partial charge in [0.15, 0.2) is 0 Å². The molecule has 0 bridgehead atoms. The van der Waals surface area contributed by atoms with Crippen molar-refractivity contribution in [3.63, 3.8) is 0 Å². The Kier molecular flexibility index (Phi) is 5.34. The number of benzene rings is 2. The molecule has 0 aromatic heterocycles. The van der Waals surface area contributed by atoms with E-state index in [4.69, 9.17) is 16.3 Å². The highest BCUT2D eigenvalue weighted by Gasteiger charge is 2.35. The van der Waals surface area contributed by atoms with Crippen molar-refractivity contribution in [3.05, 3.63) is 68.8 Å². The normalized spacial score (nSPS) is 15.8. The lowest BCUT2D eigenvalue weighted by atomic mass is 10.1. The fourth-order valence-electron chi connectivity index (χ4n) is 2.56. The number of thioether (sulfide) groups is 1. The molecule has 0 atom stereocenters. The maximum Gasteiger partial charge on any atom is 0.293 e. The Labute approximate surface area is 159 Å². The molecule has 1 aliphatic heterocycles. The lowest BCUT2D eigenvalue weighted by Crippen LogP contribution is -2.28. The van der Waals surface area contributed by atoms with Gasteiger partial charge < -0.3 is 4.74 Å². The predicted octanol–water partition coefficient (Wildman–Crippen LogP) is 5.03. The molecule has 3 rings (SSSR count). The van der Waals surface area contributed by atoms with E-state index in [-0.39, 0.29) is 22.0 Å². The Morgan fingerprint density at radius 3 is 2.73 bits per heavy atom. The zero-order valence-corrected chi connectivity index (χ0v) is 15.7. The van der Waals surface area contributed by atoms with Gasteiger partial charge in [0, 0.05) is 10.6 Å². The van der Waals surface area contributed by atoms with Gasteiger partial charge in [-0.3, -0.25) is 14.5 Å². The van der Waals surface area contributed by atoms with Crippen molar-refractivity contribution < 1.29 is 18.7 Å². The summed E-state index contributed by atoms with van der Waals surface area (Å²) in [6.45, 7) is 1.71. The van der Waals surface area contributed by atoms with Gasteiger partial charge in [0.2, 0.25) is 0 Å². The molecule has 26 heavy (non-hydrogen) atoms. The van der Waals surface area contributed by atoms with Crippen molar-refractivity contribution in [3.8, 4) is 5.75 Å². The zero-order valence-electron chi connectivity index (χ0n) is 14.1. The number of carbonyl (C=O) groups is 2. The Hall–Kier alpha value is -2.31. The maximum absolute atomic E-state index is 14.0. The third kappa shape index (κ3) is 3.61. The molecule has 1 saturated heterocycles. The summed E-state index contributed by atoms with van der Waals surface area (Å²) >= 11 is 6.81. The van der Waals surface area contributed by atoms with Crippen molar-refractivity contribution >= 4 is 40.6 Å². The number of halogens is 2. The van der Waals surface area contributed by atoms with Crippen molar-refractivity contribution in [2.24, 2.45) is 0 Å². The van der Waals surface area contributed by atoms with Crippen molar-refractivity contribution in [1.29, 1.82) is 0 Å². The third-order valence-electron chi connectivity index (χ3n) is 3.98. The molecular formula is C19H15ClFNO3S. The molecule has 1 fully saturated rings. The highest BCUT2D eigenvalue weighted by Crippen LogP contribution is 2.35. The highest BCUT2D eigenvalue weighted by atomic mass is 35.5. The van der Waals surface area contributed by atoms with Gasteiger partial charge in [-0.2, -0.15) is 0 Å². The van der Waals surface area contributed by atoms with Crippen molar-refractivity contribution in [2.45, 2.75) is 13.5 Å². The van der Waals surface area contributed by atoms with Crippen LogP contribution in [0.4, 0.5) is 9.18 Å². The molecule has 0 aliphatic carbocycles. The molecule has 2 aromatic carbocycles. The first-order valence-corrected chi connectivity index (χ1v) is 8.93. The van der Waals surface area contributed by atoms with Gasteiger partial charge in [0.25, 0.3) is 11.1 Å². The number of amides is 2. The number of imide groups is 1. The average molecular weight is 392 g/mol. The van der Waals surface area contributed by atoms with E-state index in [1.807, 2.05) is 19.1 Å². The smallest absolute Gasteiger partial charge is 0.293 e. The Bertz CT molecular complexity index is 909. The number of ether oxygens (including phenoxy) is 1. The van der Waals surface area contributed by atoms with E-state index in [0.29, 0.717) is 5.75 Å². The summed E-state index contributed by atoms with van der Waals surface area (Å²) in [5.41, 5.74) is 1.82. The molecule has 1 heterocycles. The van der Waals surface area contributed by atoms with Crippen LogP contribution in [-0.2, 0) is 11.3 Å². The van der Waals surface area contributed by atoms with Crippen LogP contribution < -0.4 is 4.74 Å². The van der Waals surface area contributed by atoms with Crippen molar-refractivity contribution in [1.82, 2.24) is 4.90 Å². The highest BCUT2D eigenvalue weighted by molar-refractivity contribution is 8.18. The minimum Gasteiger partial charge on any atom is -0.496 e. The molecule has 134 valence electrons. The van der Waals surface area contributed by atoms with E-state index in [2.05, 4.69) is 0 Å². The van der Waals surface area contributed by atoms with Crippen LogP contribution in [0.3, 0.4) is 0 Å². The number of hydrogen-bond donors (Lipinski definition) is 0. The largest absolute Gasteiger partial charge is 0.496 e. The summed E-state index contributed by atoms with van der Waals surface area (Å²) in [4.78, 5) is 26.1. The van der Waals surface area contributed by atoms with Crippen LogP contribution in [0.15, 0.2) is 41.3 Å². The summed E-state index contributed by atoms with van der Waals surface area (Å²) in [6, 6.07) is 9.73. The number of rotatable bonds is 4. The Morgan fingerprint density at radius 2 is 2.04 bits per heavy atom. The molecule has 4 nitrogen and oxygen atoms in total. The van der Waals surface area contributed by atoms with E-state index in [0.717, 1.165) is 27.8 Å². The second kappa shape index (κ2) is 7.51. The van der Waals surface area contributed by atoms with Crippen LogP contribution in [0.2, 0.25) is 5.02 Å². The first kappa shape index (κ1) is 18.5. The first-order valence-electron chi connectivity index (χ1n) is 7.73. The van der Waals surface area contributed by atoms with Gasteiger partial charge in [-0.1, -0.05) is 29.8 Å². The fraction of sp³-hybridized carbons (Fsp3) is 0.158. The van der Waals surface area contributed by atoms with Gasteiger partial charge in [-0.15, -0.1) is 0 Å². The molecule has 0 unspecified atom stereocenters. The van der Waals surface area contributed by atoms with E-state index >= 15 is 0 Å². The summed E-state index contributed by atoms with van der Waals surface area (Å²) in [5.74, 6) is -0.334. The maximum atomic E-state index is 14.0. The first-order chi connectivity index (χ1) is 12.4. The molecule has 1 aliphatic rings. The summed E-state index contributed by atoms with van der Waals surface area (Å²) in [5, 5.41) is -0.282. The van der Waals surface area contributed by atoms with Crippen molar-refractivity contribution in [2.75, 3.05) is 7.11 Å². The minimum atomic E-state index is -0.552. The number of aryl methyl sites for hydroxylation is 1. The van der Waals surface area contributed by atoms with E-state index in [9.17, 15) is 14.0 Å². The van der Waals surface area contributed by atoms with E-state index in [1.165, 1.54) is 18.2 Å². The molecule has 0 N–H and O–H groups in total. The van der Waals surface area contributed by atoms with Gasteiger partial charge in [-0.25, -0.2) is 4.39 Å². The van der Waals surface area contributed by atoms with Crippen LogP contribution in [0.5, 0.6) is 5.75 Å². The Morgan fingerprint density at radius 1 is 1.27 bits per heavy atom. The standard InChI is InChI=1S/C19H15ClFNO3S/c1-11-6-7-12(8-16(11)25-2)9-17-18(23)22(19(24)26-17)10-13-14(20)4-3-5-15(13)21/h3-9H,10H2,1-2H3/b17-9+. The topological polar surface area (TPSA) is 46.6 Å². The summed E-state index contributed by atoms with van der Waals surface area (Å²) in [6.07, 6.45) is 1.62. The molecule has 7 heteroatoms. The third-order valence-corrected chi connectivity index (χ3v) is 5.24. The number of carbonyl (C=O) groups excluding carboxylic acids is 2. The van der Waals surface area contributed by atoms with Crippen LogP contribution in [0.25, 0.3) is 6.08 Å². The van der Waals surface area contributed by atoms with Crippen LogP contribution >= 0.6 is 23.4 Å². The monoisotopic (exact) mass is 391 g/mol. The number of nitrogens with zero attached hydrogens (tertiary/aromatic N) is 1. The van der Waals surface area contributed by atoms with Gasteiger partial charge in [0.05, 0.1) is 18.6 Å². The number of hydrogen-bond acceptors (Lipinski definition) is 4. The van der Waals surface area contributed by atoms with Gasteiger partial charge in [0.1, 0.15) is 11.6 Å². The molecule has 2 aromatic rings. The second-order valence-electron chi connectivity index (χ2n) is 5.70. The van der Waals surface area contributed by atoms with Gasteiger partial charge >= 0.3 is 0 Å².